The molecule has 11 heteroatoms. The number of ether oxygens (including phenoxy) is 1. The lowest BCUT2D eigenvalue weighted by molar-refractivity contribution is -0.137. The first-order valence-electron chi connectivity index (χ1n) is 9.99. The Hall–Kier alpha value is -3.18. The number of esters is 1. The van der Waals surface area contributed by atoms with Gasteiger partial charge < -0.3 is 10.1 Å². The number of anilines is 1. The molecule has 0 bridgehead atoms. The molecule has 1 fully saturated rings. The molecular weight excluding hydrogens is 489 g/mol. The molecule has 0 saturated carbocycles. The van der Waals surface area contributed by atoms with E-state index in [1.54, 1.807) is 30.3 Å². The van der Waals surface area contributed by atoms with Gasteiger partial charge in [-0.2, -0.15) is 13.2 Å². The molecule has 2 aromatic carbocycles. The Morgan fingerprint density at radius 2 is 1.88 bits per heavy atom. The van der Waals surface area contributed by atoms with Crippen molar-refractivity contribution in [2.45, 2.75) is 19.0 Å². The molecule has 1 heterocycles. The normalized spacial score (nSPS) is 15.1. The van der Waals surface area contributed by atoms with Crippen LogP contribution in [0.2, 0.25) is 0 Å². The summed E-state index contributed by atoms with van der Waals surface area (Å²) >= 11 is 6.40. The molecule has 0 spiro atoms. The largest absolute Gasteiger partial charge is 0.465 e. The number of rotatable bonds is 7. The highest BCUT2D eigenvalue weighted by Gasteiger charge is 2.32. The van der Waals surface area contributed by atoms with Crippen LogP contribution >= 0.6 is 24.0 Å². The van der Waals surface area contributed by atoms with E-state index < -0.39 is 23.6 Å². The van der Waals surface area contributed by atoms with Crippen molar-refractivity contribution in [1.29, 1.82) is 0 Å². The summed E-state index contributed by atoms with van der Waals surface area (Å²) in [5.41, 5.74) is 0.283. The number of thioether (sulfide) groups is 1. The third-order valence-corrected chi connectivity index (χ3v) is 6.14. The molecule has 0 unspecified atom stereocenters. The molecule has 1 N–H and O–H groups in total. The van der Waals surface area contributed by atoms with E-state index >= 15 is 0 Å². The Morgan fingerprint density at radius 1 is 1.18 bits per heavy atom. The van der Waals surface area contributed by atoms with Crippen LogP contribution in [0.15, 0.2) is 53.4 Å². The smallest absolute Gasteiger partial charge is 0.416 e. The minimum atomic E-state index is -4.50. The number of carbonyl (C=O) groups excluding carboxylic acids is 3. The number of hydrogen-bond acceptors (Lipinski definition) is 6. The fourth-order valence-corrected chi connectivity index (χ4v) is 4.38. The molecule has 0 aliphatic carbocycles. The number of nitrogens with one attached hydrogen (secondary N) is 1. The maximum Gasteiger partial charge on any atom is 0.416 e. The van der Waals surface area contributed by atoms with E-state index in [4.69, 9.17) is 12.2 Å². The second-order valence-electron chi connectivity index (χ2n) is 7.18. The van der Waals surface area contributed by atoms with Crippen LogP contribution < -0.4 is 5.32 Å². The van der Waals surface area contributed by atoms with Crippen LogP contribution in [0, 0.1) is 0 Å². The van der Waals surface area contributed by atoms with Gasteiger partial charge in [-0.05, 0) is 48.4 Å². The van der Waals surface area contributed by atoms with E-state index in [0.29, 0.717) is 20.4 Å². The van der Waals surface area contributed by atoms with Crippen LogP contribution in [-0.4, -0.2) is 40.7 Å². The van der Waals surface area contributed by atoms with E-state index in [2.05, 4.69) is 10.1 Å². The molecule has 0 radical (unpaired) electrons. The lowest BCUT2D eigenvalue weighted by Gasteiger charge is -2.14. The van der Waals surface area contributed by atoms with Gasteiger partial charge in [0.2, 0.25) is 5.91 Å². The van der Waals surface area contributed by atoms with Gasteiger partial charge in [0.05, 0.1) is 23.1 Å². The van der Waals surface area contributed by atoms with Crippen LogP contribution in [0.1, 0.15) is 34.3 Å². The molecule has 2 aromatic rings. The average Bonchev–Trinajstić information content (AvgIpc) is 3.06. The van der Waals surface area contributed by atoms with Crippen molar-refractivity contribution < 1.29 is 32.3 Å². The van der Waals surface area contributed by atoms with Crippen LogP contribution in [0.3, 0.4) is 0 Å². The standard InChI is InChI=1S/C23H19F3N2O4S2/c1-32-21(31)15-9-7-14(8-10-15)12-18-20(30)28(22(33)34-18)11-3-6-19(29)27-17-5-2-4-16(13-17)23(24,25)26/h2,4-5,7-10,12-13H,3,6,11H2,1H3,(H,27,29)/b18-12-. The fraction of sp³-hybridized carbons (Fsp3) is 0.217. The van der Waals surface area contributed by atoms with E-state index in [9.17, 15) is 27.6 Å². The molecule has 1 aliphatic rings. The average molecular weight is 509 g/mol. The Labute approximate surface area is 203 Å². The first-order valence-corrected chi connectivity index (χ1v) is 11.2. The minimum Gasteiger partial charge on any atom is -0.465 e. The van der Waals surface area contributed by atoms with E-state index in [-0.39, 0.29) is 31.0 Å². The molecule has 2 amide bonds. The number of halogens is 3. The predicted octanol–water partition coefficient (Wildman–Crippen LogP) is 5.11. The number of benzene rings is 2. The highest BCUT2D eigenvalue weighted by atomic mass is 32.2. The lowest BCUT2D eigenvalue weighted by atomic mass is 10.1. The number of nitrogens with zero attached hydrogens (tertiary/aromatic N) is 1. The topological polar surface area (TPSA) is 75.7 Å². The zero-order chi connectivity index (χ0) is 24.9. The van der Waals surface area contributed by atoms with Gasteiger partial charge in [0, 0.05) is 18.7 Å². The Kier molecular flexibility index (Phi) is 8.11. The number of carbonyl (C=O) groups is 3. The number of methoxy groups -OCH3 is 1. The molecule has 0 atom stereocenters. The molecule has 1 aliphatic heterocycles. The van der Waals surface area contributed by atoms with Gasteiger partial charge in [-0.25, -0.2) is 4.79 Å². The third-order valence-electron chi connectivity index (χ3n) is 4.76. The summed E-state index contributed by atoms with van der Waals surface area (Å²) in [7, 11) is 1.29. The molecule has 6 nitrogen and oxygen atoms in total. The zero-order valence-corrected chi connectivity index (χ0v) is 19.5. The summed E-state index contributed by atoms with van der Waals surface area (Å²) in [5.74, 6) is -1.23. The quantitative estimate of drug-likeness (QED) is 0.318. The first-order chi connectivity index (χ1) is 16.1. The highest BCUT2D eigenvalue weighted by Crippen LogP contribution is 2.33. The maximum atomic E-state index is 12.8. The summed E-state index contributed by atoms with van der Waals surface area (Å²) in [6.45, 7) is 0.194. The molecule has 178 valence electrons. The van der Waals surface area contributed by atoms with Gasteiger partial charge >= 0.3 is 12.1 Å². The van der Waals surface area contributed by atoms with Crippen LogP contribution in [0.25, 0.3) is 6.08 Å². The summed E-state index contributed by atoms with van der Waals surface area (Å²) in [5, 5.41) is 2.44. The van der Waals surface area contributed by atoms with Crippen molar-refractivity contribution in [2.24, 2.45) is 0 Å². The van der Waals surface area contributed by atoms with Gasteiger partial charge in [-0.15, -0.1) is 0 Å². The number of alkyl halides is 3. The monoisotopic (exact) mass is 508 g/mol. The summed E-state index contributed by atoms with van der Waals surface area (Å²) in [6.07, 6.45) is -2.57. The molecule has 3 rings (SSSR count). The van der Waals surface area contributed by atoms with Gasteiger partial charge in [0.1, 0.15) is 4.32 Å². The molecule has 34 heavy (non-hydrogen) atoms. The third kappa shape index (κ3) is 6.45. The van der Waals surface area contributed by atoms with Crippen LogP contribution in [0.4, 0.5) is 18.9 Å². The van der Waals surface area contributed by atoms with E-state index in [0.717, 1.165) is 23.9 Å². The second kappa shape index (κ2) is 10.8. The molecule has 1 saturated heterocycles. The van der Waals surface area contributed by atoms with Crippen molar-refractivity contribution in [3.63, 3.8) is 0 Å². The number of hydrogen-bond donors (Lipinski definition) is 1. The predicted molar refractivity (Wildman–Crippen MR) is 127 cm³/mol. The fourth-order valence-electron chi connectivity index (χ4n) is 3.07. The van der Waals surface area contributed by atoms with Crippen molar-refractivity contribution >= 4 is 57.8 Å². The van der Waals surface area contributed by atoms with Crippen molar-refractivity contribution in [2.75, 3.05) is 19.0 Å². The van der Waals surface area contributed by atoms with Crippen molar-refractivity contribution in [1.82, 2.24) is 4.90 Å². The highest BCUT2D eigenvalue weighted by molar-refractivity contribution is 8.26. The van der Waals surface area contributed by atoms with Gasteiger partial charge in [0.25, 0.3) is 5.91 Å². The van der Waals surface area contributed by atoms with Gasteiger partial charge in [-0.1, -0.05) is 42.2 Å². The Bertz CT molecular complexity index is 1150. The van der Waals surface area contributed by atoms with E-state index in [1.807, 2.05) is 0 Å². The number of amides is 2. The maximum absolute atomic E-state index is 12.8. The van der Waals surface area contributed by atoms with Crippen molar-refractivity contribution in [3.05, 3.63) is 70.1 Å². The van der Waals surface area contributed by atoms with Crippen molar-refractivity contribution in [3.8, 4) is 0 Å². The minimum absolute atomic E-state index is 0.00133. The van der Waals surface area contributed by atoms with Gasteiger partial charge in [-0.3, -0.25) is 14.5 Å². The van der Waals surface area contributed by atoms with Crippen LogP contribution in [0.5, 0.6) is 0 Å². The van der Waals surface area contributed by atoms with Gasteiger partial charge in [0.15, 0.2) is 0 Å². The summed E-state index contributed by atoms with van der Waals surface area (Å²) in [6, 6.07) is 10.9. The Morgan fingerprint density at radius 3 is 2.53 bits per heavy atom. The number of thiocarbonyl (C=S) groups is 1. The SMILES string of the molecule is COC(=O)c1ccc(/C=C2\SC(=S)N(CCCC(=O)Nc3cccc(C(F)(F)F)c3)C2=O)cc1. The molecule has 0 aromatic heterocycles. The summed E-state index contributed by atoms with van der Waals surface area (Å²) < 4.78 is 43.4. The lowest BCUT2D eigenvalue weighted by Crippen LogP contribution is -2.29. The Balaban J connectivity index is 1.54. The zero-order valence-electron chi connectivity index (χ0n) is 17.8. The first kappa shape index (κ1) is 25.4. The van der Waals surface area contributed by atoms with Crippen LogP contribution in [-0.2, 0) is 20.5 Å². The molecular formula is C23H19F3N2O4S2. The second-order valence-corrected chi connectivity index (χ2v) is 8.85. The van der Waals surface area contributed by atoms with E-state index in [1.165, 1.54) is 24.1 Å². The summed E-state index contributed by atoms with van der Waals surface area (Å²) in [4.78, 5) is 38.2.